The Bertz CT molecular complexity index is 204. The van der Waals surface area contributed by atoms with E-state index in [1.54, 1.807) is 0 Å². The molecule has 3 nitrogen and oxygen atoms in total. The summed E-state index contributed by atoms with van der Waals surface area (Å²) >= 11 is 0. The summed E-state index contributed by atoms with van der Waals surface area (Å²) in [7, 11) is -2.97. The van der Waals surface area contributed by atoms with Gasteiger partial charge < -0.3 is 4.55 Å². The molecule has 1 aliphatic rings. The van der Waals surface area contributed by atoms with Gasteiger partial charge >= 0.3 is 0 Å². The van der Waals surface area contributed by atoms with Gasteiger partial charge in [-0.1, -0.05) is 19.3 Å². The van der Waals surface area contributed by atoms with Gasteiger partial charge in [-0.2, -0.15) is 0 Å². The van der Waals surface area contributed by atoms with Crippen LogP contribution in [0.25, 0.3) is 0 Å². The molecule has 11 heavy (non-hydrogen) atoms. The third-order valence-electron chi connectivity index (χ3n) is 1.96. The van der Waals surface area contributed by atoms with Crippen molar-refractivity contribution in [3.05, 3.63) is 0 Å². The molecule has 1 aliphatic carbocycles. The van der Waals surface area contributed by atoms with E-state index in [2.05, 4.69) is 10.6 Å². The van der Waals surface area contributed by atoms with Gasteiger partial charge in [0.05, 0.1) is 0 Å². The Balaban J connectivity index is 2.36. The lowest BCUT2D eigenvalue weighted by Crippen LogP contribution is -2.35. The summed E-state index contributed by atoms with van der Waals surface area (Å²) in [6.45, 7) is 0. The molecule has 0 aromatic carbocycles. The van der Waals surface area contributed by atoms with Gasteiger partial charge in [-0.3, -0.25) is 0 Å². The maximum atomic E-state index is 10.8. The quantitative estimate of drug-likeness (QED) is 0.618. The summed E-state index contributed by atoms with van der Waals surface area (Å²) in [5.74, 6) is 3.14. The normalized spacial score (nSPS) is 26.3. The zero-order valence-electron chi connectivity index (χ0n) is 6.58. The van der Waals surface area contributed by atoms with Gasteiger partial charge in [-0.05, 0) is 18.7 Å². The maximum absolute atomic E-state index is 10.8. The van der Waals surface area contributed by atoms with Crippen LogP contribution in [-0.2, 0) is 9.99 Å². The first-order valence-electron chi connectivity index (χ1n) is 3.95. The van der Waals surface area contributed by atoms with E-state index in [0.717, 1.165) is 25.7 Å². The van der Waals surface area contributed by atoms with Gasteiger partial charge in [-0.15, -0.1) is 0 Å². The fraction of sp³-hybridized carbons (Fsp3) is 0.857. The van der Waals surface area contributed by atoms with E-state index in [-0.39, 0.29) is 6.04 Å². The predicted molar refractivity (Wildman–Crippen MR) is 47.9 cm³/mol. The first-order chi connectivity index (χ1) is 5.08. The summed E-state index contributed by atoms with van der Waals surface area (Å²) in [5.41, 5.74) is 0. The van der Waals surface area contributed by atoms with E-state index in [0.29, 0.717) is 0 Å². The Morgan fingerprint density at radius 3 is 2.36 bits per heavy atom. The smallest absolute Gasteiger partial charge is 0.138 e. The van der Waals surface area contributed by atoms with Crippen LogP contribution in [-0.4, -0.2) is 20.7 Å². The molecule has 1 fully saturated rings. The summed E-state index contributed by atoms with van der Waals surface area (Å²) in [4.78, 5) is 0. The standard InChI is InChI=1S/C7H15NO2S/c1-11(9,10)8-7-5-3-2-4-6-7/h7H,1-6H2,(H2,8,9,10). The SMILES string of the molecule is C=S(=O)(O)NC1CCCCC1. The fourth-order valence-electron chi connectivity index (χ4n) is 1.48. The van der Waals surface area contributed by atoms with Crippen molar-refractivity contribution >= 4 is 15.9 Å². The van der Waals surface area contributed by atoms with Gasteiger partial charge in [0.1, 0.15) is 9.99 Å². The van der Waals surface area contributed by atoms with E-state index in [4.69, 9.17) is 4.55 Å². The van der Waals surface area contributed by atoms with Crippen molar-refractivity contribution in [2.24, 2.45) is 0 Å². The predicted octanol–water partition coefficient (Wildman–Crippen LogP) is 1.01. The Labute approximate surface area is 68.2 Å². The third-order valence-corrected chi connectivity index (χ3v) is 2.66. The van der Waals surface area contributed by atoms with Crippen molar-refractivity contribution in [2.45, 2.75) is 38.1 Å². The number of hydrogen-bond acceptors (Lipinski definition) is 1. The first-order valence-corrected chi connectivity index (χ1v) is 5.63. The van der Waals surface area contributed by atoms with Gasteiger partial charge in [-0.25, -0.2) is 8.93 Å². The van der Waals surface area contributed by atoms with Gasteiger partial charge in [0.25, 0.3) is 0 Å². The molecule has 0 aromatic rings. The molecule has 0 radical (unpaired) electrons. The molecule has 1 unspecified atom stereocenters. The second-order valence-corrected chi connectivity index (χ2v) is 4.61. The average Bonchev–Trinajstić information content (AvgIpc) is 1.85. The molecule has 0 amide bonds. The van der Waals surface area contributed by atoms with Crippen LogP contribution in [0.4, 0.5) is 0 Å². The zero-order chi connectivity index (χ0) is 8.32. The van der Waals surface area contributed by atoms with Crippen molar-refractivity contribution < 1.29 is 8.76 Å². The molecule has 1 atom stereocenters. The van der Waals surface area contributed by atoms with Crippen LogP contribution >= 0.6 is 0 Å². The fourth-order valence-corrected chi connectivity index (χ4v) is 2.24. The van der Waals surface area contributed by atoms with Gasteiger partial charge in [0.2, 0.25) is 0 Å². The molecule has 0 aromatic heterocycles. The molecule has 0 saturated heterocycles. The second-order valence-electron chi connectivity index (χ2n) is 3.09. The van der Waals surface area contributed by atoms with Crippen LogP contribution in [0.5, 0.6) is 0 Å². The van der Waals surface area contributed by atoms with Crippen LogP contribution in [0.1, 0.15) is 32.1 Å². The monoisotopic (exact) mass is 177 g/mol. The summed E-state index contributed by atoms with van der Waals surface area (Å²) < 4.78 is 22.3. The lowest BCUT2D eigenvalue weighted by molar-refractivity contribution is 0.407. The van der Waals surface area contributed by atoms with E-state index in [9.17, 15) is 4.21 Å². The molecule has 0 bridgehead atoms. The highest BCUT2D eigenvalue weighted by molar-refractivity contribution is 7.93. The van der Waals surface area contributed by atoms with Crippen molar-refractivity contribution in [1.82, 2.24) is 4.72 Å². The highest BCUT2D eigenvalue weighted by Crippen LogP contribution is 2.17. The van der Waals surface area contributed by atoms with Crippen molar-refractivity contribution in [3.63, 3.8) is 0 Å². The van der Waals surface area contributed by atoms with Crippen LogP contribution in [0.3, 0.4) is 0 Å². The third kappa shape index (κ3) is 3.74. The highest BCUT2D eigenvalue weighted by Gasteiger charge is 2.14. The average molecular weight is 177 g/mol. The second kappa shape index (κ2) is 3.56. The Morgan fingerprint density at radius 1 is 1.36 bits per heavy atom. The van der Waals surface area contributed by atoms with Crippen molar-refractivity contribution in [2.75, 3.05) is 0 Å². The minimum absolute atomic E-state index is 0.207. The molecule has 0 spiro atoms. The topological polar surface area (TPSA) is 49.3 Å². The molecule has 66 valence electrons. The van der Waals surface area contributed by atoms with E-state index >= 15 is 0 Å². The Kier molecular flexibility index (Phi) is 2.92. The minimum atomic E-state index is -2.97. The lowest BCUT2D eigenvalue weighted by Gasteiger charge is -2.22. The molecule has 4 heteroatoms. The van der Waals surface area contributed by atoms with Crippen molar-refractivity contribution in [1.29, 1.82) is 0 Å². The lowest BCUT2D eigenvalue weighted by atomic mass is 9.96. The van der Waals surface area contributed by atoms with Gasteiger partial charge in [0.15, 0.2) is 0 Å². The Morgan fingerprint density at radius 2 is 1.91 bits per heavy atom. The van der Waals surface area contributed by atoms with Crippen molar-refractivity contribution in [3.8, 4) is 0 Å². The molecular weight excluding hydrogens is 162 g/mol. The summed E-state index contributed by atoms with van der Waals surface area (Å²) in [6, 6.07) is 0.207. The van der Waals surface area contributed by atoms with Crippen LogP contribution in [0.15, 0.2) is 0 Å². The molecule has 2 N–H and O–H groups in total. The summed E-state index contributed by atoms with van der Waals surface area (Å²) in [6.07, 6.45) is 5.59. The van der Waals surface area contributed by atoms with Crippen LogP contribution in [0, 0.1) is 0 Å². The zero-order valence-corrected chi connectivity index (χ0v) is 7.40. The Hall–Kier alpha value is -0.0600. The summed E-state index contributed by atoms with van der Waals surface area (Å²) in [5, 5.41) is 0. The minimum Gasteiger partial charge on any atom is -0.303 e. The number of nitrogens with one attached hydrogen (secondary N) is 1. The highest BCUT2D eigenvalue weighted by atomic mass is 32.2. The van der Waals surface area contributed by atoms with E-state index in [1.807, 2.05) is 0 Å². The van der Waals surface area contributed by atoms with E-state index in [1.165, 1.54) is 6.42 Å². The number of hydrogen-bond donors (Lipinski definition) is 2. The van der Waals surface area contributed by atoms with E-state index < -0.39 is 9.99 Å². The largest absolute Gasteiger partial charge is 0.303 e. The maximum Gasteiger partial charge on any atom is 0.138 e. The molecule has 0 heterocycles. The molecule has 1 rings (SSSR count). The van der Waals surface area contributed by atoms with Crippen LogP contribution in [0.2, 0.25) is 0 Å². The first kappa shape index (κ1) is 9.03. The number of rotatable bonds is 2. The molecular formula is C7H15NO2S. The van der Waals surface area contributed by atoms with Gasteiger partial charge in [0, 0.05) is 6.04 Å². The molecule has 0 aliphatic heterocycles. The molecule has 1 saturated carbocycles. The van der Waals surface area contributed by atoms with Crippen LogP contribution < -0.4 is 4.72 Å².